The van der Waals surface area contributed by atoms with Crippen LogP contribution in [-0.2, 0) is 25.6 Å². The average molecular weight is 548 g/mol. The first-order valence-electron chi connectivity index (χ1n) is 13.1. The highest BCUT2D eigenvalue weighted by molar-refractivity contribution is 5.94. The number of nitrogens with two attached hydrogens (primary N) is 3. The Morgan fingerprint density at radius 2 is 1.72 bits per heavy atom. The Bertz CT molecular complexity index is 1030. The van der Waals surface area contributed by atoms with Crippen LogP contribution in [0.3, 0.4) is 0 Å². The van der Waals surface area contributed by atoms with Gasteiger partial charge in [-0.25, -0.2) is 4.79 Å². The number of nitrogens with zero attached hydrogens (tertiary/aromatic N) is 2. The van der Waals surface area contributed by atoms with Crippen LogP contribution >= 0.6 is 0 Å². The fourth-order valence-electron chi connectivity index (χ4n) is 4.46. The van der Waals surface area contributed by atoms with Gasteiger partial charge in [-0.3, -0.25) is 19.4 Å². The van der Waals surface area contributed by atoms with Crippen molar-refractivity contribution in [1.29, 1.82) is 0 Å². The number of carbonyl (C=O) groups excluding carboxylic acids is 3. The van der Waals surface area contributed by atoms with E-state index in [4.69, 9.17) is 17.2 Å². The number of benzene rings is 1. The molecule has 13 heteroatoms. The van der Waals surface area contributed by atoms with Gasteiger partial charge in [-0.1, -0.05) is 26.0 Å². The molecule has 0 spiro atoms. The predicted molar refractivity (Wildman–Crippen MR) is 145 cm³/mol. The van der Waals surface area contributed by atoms with Crippen molar-refractivity contribution in [2.24, 2.45) is 28.1 Å². The third-order valence-electron chi connectivity index (χ3n) is 6.46. The summed E-state index contributed by atoms with van der Waals surface area (Å²) in [5.74, 6) is -2.70. The molecule has 0 aromatic heterocycles. The summed E-state index contributed by atoms with van der Waals surface area (Å²) in [7, 11) is 0. The van der Waals surface area contributed by atoms with Crippen molar-refractivity contribution >= 4 is 29.7 Å². The van der Waals surface area contributed by atoms with Crippen molar-refractivity contribution < 1.29 is 29.4 Å². The number of aliphatic imine (C=N–C) groups is 1. The molecule has 1 aliphatic heterocycles. The van der Waals surface area contributed by atoms with Gasteiger partial charge in [0.1, 0.15) is 23.9 Å². The Morgan fingerprint density at radius 1 is 1.08 bits per heavy atom. The molecule has 0 radical (unpaired) electrons. The van der Waals surface area contributed by atoms with Crippen LogP contribution in [-0.4, -0.2) is 82.0 Å². The van der Waals surface area contributed by atoms with Crippen molar-refractivity contribution in [2.45, 2.75) is 76.5 Å². The molecule has 1 aromatic carbocycles. The lowest BCUT2D eigenvalue weighted by atomic mass is 10.00. The summed E-state index contributed by atoms with van der Waals surface area (Å²) < 4.78 is 0. The second-order valence-corrected chi connectivity index (χ2v) is 10.2. The molecule has 2 rings (SSSR count). The van der Waals surface area contributed by atoms with E-state index >= 15 is 0 Å². The molecule has 3 amide bonds. The first-order valence-corrected chi connectivity index (χ1v) is 13.1. The number of carbonyl (C=O) groups is 4. The summed E-state index contributed by atoms with van der Waals surface area (Å²) in [6.07, 6.45) is 2.00. The first kappa shape index (κ1) is 31.3. The molecule has 0 aliphatic carbocycles. The van der Waals surface area contributed by atoms with E-state index < -0.39 is 47.9 Å². The fourth-order valence-corrected chi connectivity index (χ4v) is 4.46. The Labute approximate surface area is 228 Å². The summed E-state index contributed by atoms with van der Waals surface area (Å²) in [4.78, 5) is 56.5. The molecule has 216 valence electrons. The van der Waals surface area contributed by atoms with Crippen molar-refractivity contribution in [3.05, 3.63) is 29.8 Å². The zero-order chi connectivity index (χ0) is 29.1. The average Bonchev–Trinajstić information content (AvgIpc) is 3.36. The van der Waals surface area contributed by atoms with E-state index in [2.05, 4.69) is 15.6 Å². The zero-order valence-electron chi connectivity index (χ0n) is 22.5. The van der Waals surface area contributed by atoms with Gasteiger partial charge < -0.3 is 42.9 Å². The van der Waals surface area contributed by atoms with E-state index in [0.717, 1.165) is 0 Å². The van der Waals surface area contributed by atoms with Gasteiger partial charge in [-0.05, 0) is 55.7 Å². The number of phenolic OH excluding ortho intramolecular Hbond substituents is 1. The number of guanidine groups is 1. The lowest BCUT2D eigenvalue weighted by Gasteiger charge is -2.30. The summed E-state index contributed by atoms with van der Waals surface area (Å²) in [5.41, 5.74) is 17.3. The second-order valence-electron chi connectivity index (χ2n) is 10.2. The third-order valence-corrected chi connectivity index (χ3v) is 6.46. The minimum absolute atomic E-state index is 0.0221. The molecule has 0 unspecified atom stereocenters. The van der Waals surface area contributed by atoms with Gasteiger partial charge in [0.2, 0.25) is 17.7 Å². The first-order chi connectivity index (χ1) is 18.4. The van der Waals surface area contributed by atoms with Crippen molar-refractivity contribution in [3.8, 4) is 5.75 Å². The highest BCUT2D eigenvalue weighted by Gasteiger charge is 2.38. The maximum absolute atomic E-state index is 13.5. The van der Waals surface area contributed by atoms with Crippen molar-refractivity contribution in [1.82, 2.24) is 15.5 Å². The number of rotatable bonds is 14. The van der Waals surface area contributed by atoms with Gasteiger partial charge in [0, 0.05) is 19.5 Å². The molecule has 0 bridgehead atoms. The SMILES string of the molecule is CC(C)C[C@@H](NC(=O)[C@@H](Cc1ccc(O)cc1)NC(=O)[C@H](N)CCCN=C(N)N)C(=O)N1CCC[C@@H]1C(=O)O. The van der Waals surface area contributed by atoms with Crippen molar-refractivity contribution in [3.63, 3.8) is 0 Å². The second kappa shape index (κ2) is 14.9. The number of nitrogens with one attached hydrogen (secondary N) is 2. The summed E-state index contributed by atoms with van der Waals surface area (Å²) in [6.45, 7) is 4.38. The van der Waals surface area contributed by atoms with E-state index in [1.165, 1.54) is 17.0 Å². The van der Waals surface area contributed by atoms with Crippen LogP contribution in [0.15, 0.2) is 29.3 Å². The maximum atomic E-state index is 13.5. The summed E-state index contributed by atoms with van der Waals surface area (Å²) in [5, 5.41) is 24.6. The van der Waals surface area contributed by atoms with Crippen LogP contribution in [0.2, 0.25) is 0 Å². The van der Waals surface area contributed by atoms with Crippen molar-refractivity contribution in [2.75, 3.05) is 13.1 Å². The number of carboxylic acid groups (broad SMARTS) is 1. The molecule has 1 aliphatic rings. The van der Waals surface area contributed by atoms with Crippen LogP contribution in [0.1, 0.15) is 51.5 Å². The van der Waals surface area contributed by atoms with Gasteiger partial charge >= 0.3 is 5.97 Å². The van der Waals surface area contributed by atoms with E-state index in [1.54, 1.807) is 12.1 Å². The summed E-state index contributed by atoms with van der Waals surface area (Å²) in [6, 6.07) is 2.26. The number of likely N-dealkylation sites (tertiary alicyclic amines) is 1. The van der Waals surface area contributed by atoms with Crippen LogP contribution < -0.4 is 27.8 Å². The minimum Gasteiger partial charge on any atom is -0.508 e. The molecule has 0 saturated carbocycles. The topological polar surface area (TPSA) is 226 Å². The number of carboxylic acids is 1. The number of hydrogen-bond acceptors (Lipinski definition) is 7. The Hall–Kier alpha value is -3.87. The molecule has 1 fully saturated rings. The Kier molecular flexibility index (Phi) is 12.0. The standard InChI is InChI=1S/C26H41N7O6/c1-15(2)13-20(24(37)33-12-4-6-21(33)25(38)39)32-23(36)19(14-16-7-9-17(34)10-8-16)31-22(35)18(27)5-3-11-30-26(28)29/h7-10,15,18-21,34H,3-6,11-14,27H2,1-2H3,(H,31,35)(H,32,36)(H,38,39)(H4,28,29,30)/t18-,19-,20-,21-/m1/s1. The van der Waals surface area contributed by atoms with Gasteiger partial charge in [-0.2, -0.15) is 0 Å². The smallest absolute Gasteiger partial charge is 0.326 e. The lowest BCUT2D eigenvalue weighted by molar-refractivity contribution is -0.149. The minimum atomic E-state index is -1.08. The van der Waals surface area contributed by atoms with Crippen LogP contribution in [0.4, 0.5) is 0 Å². The van der Waals surface area contributed by atoms with Crippen LogP contribution in [0, 0.1) is 5.92 Å². The van der Waals surface area contributed by atoms with E-state index in [9.17, 15) is 29.4 Å². The van der Waals surface area contributed by atoms with E-state index in [0.29, 0.717) is 37.9 Å². The number of hydrogen-bond donors (Lipinski definition) is 7. The van der Waals surface area contributed by atoms with Gasteiger partial charge in [0.15, 0.2) is 5.96 Å². The molecule has 1 saturated heterocycles. The molecular weight excluding hydrogens is 506 g/mol. The molecule has 4 atom stereocenters. The van der Waals surface area contributed by atoms with Gasteiger partial charge in [0.05, 0.1) is 6.04 Å². The molecule has 1 aromatic rings. The fraction of sp³-hybridized carbons (Fsp3) is 0.577. The Morgan fingerprint density at radius 3 is 2.31 bits per heavy atom. The highest BCUT2D eigenvalue weighted by atomic mass is 16.4. The highest BCUT2D eigenvalue weighted by Crippen LogP contribution is 2.21. The van der Waals surface area contributed by atoms with E-state index in [-0.39, 0.29) is 36.9 Å². The number of phenols is 1. The lowest BCUT2D eigenvalue weighted by Crippen LogP contribution is -2.57. The number of amides is 3. The van der Waals surface area contributed by atoms with Crippen LogP contribution in [0.5, 0.6) is 5.75 Å². The van der Waals surface area contributed by atoms with Gasteiger partial charge in [0.25, 0.3) is 0 Å². The Balaban J connectivity index is 2.20. The normalized spacial score (nSPS) is 17.2. The van der Waals surface area contributed by atoms with Gasteiger partial charge in [-0.15, -0.1) is 0 Å². The molecule has 1 heterocycles. The summed E-state index contributed by atoms with van der Waals surface area (Å²) >= 11 is 0. The predicted octanol–water partition coefficient (Wildman–Crippen LogP) is -0.593. The zero-order valence-corrected chi connectivity index (χ0v) is 22.5. The third kappa shape index (κ3) is 10.1. The van der Waals surface area contributed by atoms with Crippen LogP contribution in [0.25, 0.3) is 0 Å². The monoisotopic (exact) mass is 547 g/mol. The molecule has 39 heavy (non-hydrogen) atoms. The maximum Gasteiger partial charge on any atom is 0.326 e. The largest absolute Gasteiger partial charge is 0.508 e. The number of aliphatic carboxylic acids is 1. The molecule has 10 N–H and O–H groups in total. The van der Waals surface area contributed by atoms with E-state index in [1.807, 2.05) is 13.8 Å². The number of aromatic hydroxyl groups is 1. The molecular formula is C26H41N7O6. The molecule has 13 nitrogen and oxygen atoms in total. The quantitative estimate of drug-likeness (QED) is 0.0895.